The minimum atomic E-state index is -0.903. The van der Waals surface area contributed by atoms with Crippen molar-refractivity contribution in [2.75, 3.05) is 0 Å². The summed E-state index contributed by atoms with van der Waals surface area (Å²) in [6, 6.07) is 18.6. The van der Waals surface area contributed by atoms with Gasteiger partial charge in [-0.05, 0) is 18.6 Å². The number of fused-ring (bicyclic) bond motifs is 2. The summed E-state index contributed by atoms with van der Waals surface area (Å²) >= 11 is 13.3. The summed E-state index contributed by atoms with van der Waals surface area (Å²) in [6.45, 7) is 4.14. The molecular weight excluding hydrogens is 303 g/mol. The van der Waals surface area contributed by atoms with Crippen LogP contribution < -0.4 is 4.74 Å². The van der Waals surface area contributed by atoms with Gasteiger partial charge in [-0.2, -0.15) is 0 Å². The molecule has 1 aliphatic heterocycles. The zero-order valence-corrected chi connectivity index (χ0v) is 13.4. The lowest BCUT2D eigenvalue weighted by atomic mass is 9.75. The highest BCUT2D eigenvalue weighted by atomic mass is 35.5. The van der Waals surface area contributed by atoms with E-state index in [0.29, 0.717) is 0 Å². The summed E-state index contributed by atoms with van der Waals surface area (Å²) in [5.74, 6) is 1.01. The minimum Gasteiger partial charge on any atom is -0.483 e. The van der Waals surface area contributed by atoms with E-state index >= 15 is 0 Å². The fourth-order valence-corrected chi connectivity index (χ4v) is 4.88. The summed E-state index contributed by atoms with van der Waals surface area (Å²) in [4.78, 5) is 0. The third-order valence-corrected chi connectivity index (χ3v) is 6.94. The van der Waals surface area contributed by atoms with E-state index in [-0.39, 0.29) is 11.3 Å². The number of benzene rings is 2. The molecule has 4 rings (SSSR count). The second-order valence-corrected chi connectivity index (χ2v) is 7.62. The first kappa shape index (κ1) is 13.5. The van der Waals surface area contributed by atoms with Crippen LogP contribution in [0.2, 0.25) is 0 Å². The molecule has 2 aromatic carbocycles. The highest BCUT2D eigenvalue weighted by Gasteiger charge is 2.88. The molecule has 0 bridgehead atoms. The third kappa shape index (κ3) is 1.39. The number of halogens is 2. The zero-order chi connectivity index (χ0) is 14.9. The summed E-state index contributed by atoms with van der Waals surface area (Å²) in [6.07, 6.45) is 0. The van der Waals surface area contributed by atoms with E-state index in [9.17, 15) is 0 Å². The van der Waals surface area contributed by atoms with Crippen LogP contribution in [0.1, 0.15) is 30.9 Å². The first-order valence-corrected chi connectivity index (χ1v) is 7.90. The fraction of sp³-hybridized carbons (Fsp3) is 0.333. The van der Waals surface area contributed by atoms with Crippen LogP contribution in [0.15, 0.2) is 54.6 Å². The van der Waals surface area contributed by atoms with E-state index in [2.05, 4.69) is 37.3 Å². The van der Waals surface area contributed by atoms with Crippen LogP contribution in [0.4, 0.5) is 0 Å². The Bertz CT molecular complexity index is 712. The van der Waals surface area contributed by atoms with Gasteiger partial charge in [0.1, 0.15) is 11.4 Å². The highest BCUT2D eigenvalue weighted by Crippen LogP contribution is 2.81. The van der Waals surface area contributed by atoms with Gasteiger partial charge in [0.2, 0.25) is 0 Å². The Labute approximate surface area is 134 Å². The van der Waals surface area contributed by atoms with Crippen molar-refractivity contribution in [3.63, 3.8) is 0 Å². The van der Waals surface area contributed by atoms with Crippen LogP contribution in [0, 0.1) is 5.41 Å². The fourth-order valence-electron chi connectivity index (χ4n) is 3.92. The Kier molecular flexibility index (Phi) is 2.55. The van der Waals surface area contributed by atoms with E-state index in [0.717, 1.165) is 11.3 Å². The average molecular weight is 319 g/mol. The molecule has 1 aliphatic carbocycles. The number of rotatable bonds is 1. The number of para-hydroxylation sites is 1. The van der Waals surface area contributed by atoms with E-state index in [4.69, 9.17) is 27.9 Å². The van der Waals surface area contributed by atoms with Crippen molar-refractivity contribution in [2.24, 2.45) is 5.41 Å². The third-order valence-electron chi connectivity index (χ3n) is 5.43. The first-order valence-electron chi connectivity index (χ1n) is 7.14. The van der Waals surface area contributed by atoms with Crippen molar-refractivity contribution in [3.8, 4) is 5.75 Å². The first-order chi connectivity index (χ1) is 9.93. The van der Waals surface area contributed by atoms with Gasteiger partial charge in [0.25, 0.3) is 0 Å². The Morgan fingerprint density at radius 2 is 1.52 bits per heavy atom. The van der Waals surface area contributed by atoms with Crippen molar-refractivity contribution in [3.05, 3.63) is 65.7 Å². The van der Waals surface area contributed by atoms with Gasteiger partial charge in [-0.15, -0.1) is 0 Å². The van der Waals surface area contributed by atoms with Crippen molar-refractivity contribution in [1.82, 2.24) is 0 Å². The average Bonchev–Trinajstić information content (AvgIpc) is 2.83. The maximum atomic E-state index is 6.67. The molecular formula is C18H16Cl2O. The lowest BCUT2D eigenvalue weighted by Crippen LogP contribution is -2.32. The number of hydrogen-bond acceptors (Lipinski definition) is 1. The predicted molar refractivity (Wildman–Crippen MR) is 86.3 cm³/mol. The minimum absolute atomic E-state index is 0.128. The smallest absolute Gasteiger partial charge is 0.168 e. The maximum Gasteiger partial charge on any atom is 0.168 e. The molecule has 21 heavy (non-hydrogen) atoms. The van der Waals surface area contributed by atoms with E-state index in [1.807, 2.05) is 31.2 Å². The number of ether oxygens (including phenoxy) is 1. The molecule has 1 fully saturated rings. The Morgan fingerprint density at radius 1 is 0.905 bits per heavy atom. The monoisotopic (exact) mass is 318 g/mol. The van der Waals surface area contributed by atoms with E-state index < -0.39 is 9.93 Å². The van der Waals surface area contributed by atoms with Crippen LogP contribution in [0.25, 0.3) is 0 Å². The normalized spacial score (nSPS) is 35.3. The summed E-state index contributed by atoms with van der Waals surface area (Å²) in [7, 11) is 0. The Balaban J connectivity index is 1.98. The Morgan fingerprint density at radius 3 is 2.24 bits per heavy atom. The molecule has 1 nitrogen and oxygen atoms in total. The Hall–Kier alpha value is -1.18. The summed E-state index contributed by atoms with van der Waals surface area (Å²) < 4.78 is 5.30. The number of hydrogen-bond donors (Lipinski definition) is 0. The second kappa shape index (κ2) is 3.97. The van der Waals surface area contributed by atoms with Crippen LogP contribution in [-0.4, -0.2) is 9.93 Å². The molecule has 0 amide bonds. The molecule has 2 aliphatic rings. The highest BCUT2D eigenvalue weighted by molar-refractivity contribution is 6.53. The van der Waals surface area contributed by atoms with Gasteiger partial charge in [-0.1, -0.05) is 78.7 Å². The van der Waals surface area contributed by atoms with Gasteiger partial charge < -0.3 is 4.74 Å². The zero-order valence-electron chi connectivity index (χ0n) is 11.9. The molecule has 0 unspecified atom stereocenters. The van der Waals surface area contributed by atoms with Crippen molar-refractivity contribution < 1.29 is 4.74 Å². The molecule has 0 aromatic heterocycles. The lowest BCUT2D eigenvalue weighted by molar-refractivity contribution is 0.121. The van der Waals surface area contributed by atoms with Crippen molar-refractivity contribution in [2.45, 2.75) is 29.7 Å². The van der Waals surface area contributed by atoms with Gasteiger partial charge >= 0.3 is 0 Å². The van der Waals surface area contributed by atoms with Gasteiger partial charge in [0.15, 0.2) is 4.33 Å². The molecule has 0 saturated heterocycles. The molecule has 3 atom stereocenters. The van der Waals surface area contributed by atoms with Crippen LogP contribution in [0.3, 0.4) is 0 Å². The topological polar surface area (TPSA) is 9.23 Å². The maximum absolute atomic E-state index is 6.67. The van der Waals surface area contributed by atoms with Gasteiger partial charge in [0.05, 0.1) is 5.41 Å². The molecule has 2 aromatic rings. The van der Waals surface area contributed by atoms with Crippen LogP contribution in [0.5, 0.6) is 5.75 Å². The molecule has 3 heteroatoms. The summed E-state index contributed by atoms with van der Waals surface area (Å²) in [5, 5.41) is 0. The largest absolute Gasteiger partial charge is 0.483 e. The lowest BCUT2D eigenvalue weighted by Gasteiger charge is -2.35. The molecule has 0 spiro atoms. The van der Waals surface area contributed by atoms with Gasteiger partial charge in [0, 0.05) is 11.5 Å². The molecule has 0 N–H and O–H groups in total. The SMILES string of the molecule is C[C@]12Oc3ccccc3[C@H](c3ccccc3)[C@]1(C)C2(Cl)Cl. The quantitative estimate of drug-likeness (QED) is 0.659. The second-order valence-electron chi connectivity index (χ2n) is 6.29. The van der Waals surface area contributed by atoms with Crippen molar-refractivity contribution in [1.29, 1.82) is 0 Å². The van der Waals surface area contributed by atoms with Gasteiger partial charge in [-0.3, -0.25) is 0 Å². The molecule has 108 valence electrons. The number of alkyl halides is 2. The van der Waals surface area contributed by atoms with Gasteiger partial charge in [-0.25, -0.2) is 0 Å². The molecule has 1 saturated carbocycles. The van der Waals surface area contributed by atoms with Crippen LogP contribution >= 0.6 is 23.2 Å². The van der Waals surface area contributed by atoms with E-state index in [1.165, 1.54) is 5.56 Å². The van der Waals surface area contributed by atoms with Crippen LogP contribution in [-0.2, 0) is 0 Å². The molecule has 1 heterocycles. The summed E-state index contributed by atoms with van der Waals surface area (Å²) in [5.41, 5.74) is 1.47. The standard InChI is InChI=1S/C18H16Cl2O/c1-16-15(12-8-4-3-5-9-12)13-10-6-7-11-14(13)21-17(16,2)18(16,19)20/h3-11,15H,1-2H3/t15-,16-,17-/m0/s1. The van der Waals surface area contributed by atoms with Crippen molar-refractivity contribution >= 4 is 23.2 Å². The predicted octanol–water partition coefficient (Wildman–Crippen LogP) is 5.16. The molecule has 0 radical (unpaired) electrons. The van der Waals surface area contributed by atoms with E-state index in [1.54, 1.807) is 0 Å².